The first-order valence-corrected chi connectivity index (χ1v) is 8.17. The standard InChI is InChI=1S/C20H24N2O2/c1-20(2,3)15-7-4-13(5-8-15)10-16(19(21)22)14-6-9-17-18(11-14)24-12-23-17/h4-9,11,16H,10,12H2,1-3H3,(H3,21,22). The van der Waals surface area contributed by atoms with Crippen LogP contribution in [0.2, 0.25) is 0 Å². The molecule has 0 bridgehead atoms. The Bertz CT molecular complexity index is 745. The number of hydrogen-bond acceptors (Lipinski definition) is 3. The molecule has 0 saturated carbocycles. The Labute approximate surface area is 143 Å². The first kappa shape index (κ1) is 16.4. The van der Waals surface area contributed by atoms with Gasteiger partial charge in [0.1, 0.15) is 0 Å². The van der Waals surface area contributed by atoms with Gasteiger partial charge in [-0.15, -0.1) is 0 Å². The highest BCUT2D eigenvalue weighted by Crippen LogP contribution is 2.35. The van der Waals surface area contributed by atoms with E-state index in [1.165, 1.54) is 11.1 Å². The monoisotopic (exact) mass is 324 g/mol. The molecule has 4 nitrogen and oxygen atoms in total. The van der Waals surface area contributed by atoms with Crippen LogP contribution >= 0.6 is 0 Å². The van der Waals surface area contributed by atoms with Crippen LogP contribution < -0.4 is 15.2 Å². The number of nitrogens with one attached hydrogen (secondary N) is 1. The zero-order valence-electron chi connectivity index (χ0n) is 14.4. The van der Waals surface area contributed by atoms with Gasteiger partial charge in [0, 0.05) is 5.92 Å². The van der Waals surface area contributed by atoms with E-state index in [-0.39, 0.29) is 24.0 Å². The maximum absolute atomic E-state index is 7.98. The van der Waals surface area contributed by atoms with E-state index < -0.39 is 0 Å². The van der Waals surface area contributed by atoms with Gasteiger partial charge in [-0.2, -0.15) is 0 Å². The highest BCUT2D eigenvalue weighted by atomic mass is 16.7. The average molecular weight is 324 g/mol. The highest BCUT2D eigenvalue weighted by Gasteiger charge is 2.21. The van der Waals surface area contributed by atoms with Crippen molar-refractivity contribution in [1.82, 2.24) is 0 Å². The summed E-state index contributed by atoms with van der Waals surface area (Å²) in [5.74, 6) is 1.46. The van der Waals surface area contributed by atoms with E-state index in [9.17, 15) is 0 Å². The van der Waals surface area contributed by atoms with Crippen LogP contribution in [0.5, 0.6) is 11.5 Å². The topological polar surface area (TPSA) is 68.3 Å². The molecule has 0 fully saturated rings. The summed E-state index contributed by atoms with van der Waals surface area (Å²) in [6, 6.07) is 14.3. The van der Waals surface area contributed by atoms with Crippen LogP contribution in [0.4, 0.5) is 0 Å². The van der Waals surface area contributed by atoms with Crippen LogP contribution in [-0.2, 0) is 11.8 Å². The Hall–Kier alpha value is -2.49. The molecule has 0 aliphatic carbocycles. The fourth-order valence-electron chi connectivity index (χ4n) is 2.91. The second-order valence-electron chi connectivity index (χ2n) is 7.27. The normalized spacial score (nSPS) is 14.5. The number of amidine groups is 1. The van der Waals surface area contributed by atoms with Crippen LogP contribution in [-0.4, -0.2) is 12.6 Å². The Kier molecular flexibility index (Phi) is 4.22. The number of fused-ring (bicyclic) bond motifs is 1. The van der Waals surface area contributed by atoms with E-state index in [1.54, 1.807) is 0 Å². The lowest BCUT2D eigenvalue weighted by Crippen LogP contribution is -2.22. The molecule has 0 radical (unpaired) electrons. The third-order valence-corrected chi connectivity index (χ3v) is 4.43. The van der Waals surface area contributed by atoms with Crippen molar-refractivity contribution in [3.63, 3.8) is 0 Å². The smallest absolute Gasteiger partial charge is 0.231 e. The zero-order chi connectivity index (χ0) is 17.3. The fraction of sp³-hybridized carbons (Fsp3) is 0.350. The molecule has 24 heavy (non-hydrogen) atoms. The molecule has 2 aromatic rings. The second kappa shape index (κ2) is 6.19. The molecule has 2 aromatic carbocycles. The molecule has 1 aliphatic rings. The van der Waals surface area contributed by atoms with E-state index in [0.717, 1.165) is 17.1 Å². The molecule has 0 spiro atoms. The molecule has 126 valence electrons. The third kappa shape index (κ3) is 3.37. The summed E-state index contributed by atoms with van der Waals surface area (Å²) < 4.78 is 10.8. The molecular formula is C20H24N2O2. The number of rotatable bonds is 4. The summed E-state index contributed by atoms with van der Waals surface area (Å²) in [7, 11) is 0. The number of benzene rings is 2. The molecule has 1 heterocycles. The van der Waals surface area contributed by atoms with Gasteiger partial charge in [0.25, 0.3) is 0 Å². The van der Waals surface area contributed by atoms with Gasteiger partial charge in [0.15, 0.2) is 11.5 Å². The van der Waals surface area contributed by atoms with Crippen molar-refractivity contribution < 1.29 is 9.47 Å². The maximum Gasteiger partial charge on any atom is 0.231 e. The van der Waals surface area contributed by atoms with Crippen LogP contribution in [0.3, 0.4) is 0 Å². The van der Waals surface area contributed by atoms with Crippen molar-refractivity contribution in [1.29, 1.82) is 5.41 Å². The van der Waals surface area contributed by atoms with Gasteiger partial charge in [-0.3, -0.25) is 5.41 Å². The van der Waals surface area contributed by atoms with E-state index in [4.69, 9.17) is 20.6 Å². The van der Waals surface area contributed by atoms with E-state index in [0.29, 0.717) is 6.42 Å². The summed E-state index contributed by atoms with van der Waals surface area (Å²) in [5.41, 5.74) is 9.45. The van der Waals surface area contributed by atoms with Crippen molar-refractivity contribution >= 4 is 5.84 Å². The molecule has 1 atom stereocenters. The summed E-state index contributed by atoms with van der Waals surface area (Å²) in [6.45, 7) is 6.85. The molecule has 0 saturated heterocycles. The lowest BCUT2D eigenvalue weighted by atomic mass is 9.85. The minimum Gasteiger partial charge on any atom is -0.454 e. The average Bonchev–Trinajstić information content (AvgIpc) is 2.99. The van der Waals surface area contributed by atoms with Gasteiger partial charge >= 0.3 is 0 Å². The van der Waals surface area contributed by atoms with Gasteiger partial charge in [-0.1, -0.05) is 51.1 Å². The van der Waals surface area contributed by atoms with Crippen molar-refractivity contribution in [3.8, 4) is 11.5 Å². The minimum absolute atomic E-state index is 0.135. The third-order valence-electron chi connectivity index (χ3n) is 4.43. The highest BCUT2D eigenvalue weighted by molar-refractivity contribution is 5.85. The quantitative estimate of drug-likeness (QED) is 0.660. The summed E-state index contributed by atoms with van der Waals surface area (Å²) >= 11 is 0. The largest absolute Gasteiger partial charge is 0.454 e. The van der Waals surface area contributed by atoms with Crippen LogP contribution in [0, 0.1) is 5.41 Å². The summed E-state index contributed by atoms with van der Waals surface area (Å²) in [5, 5.41) is 7.98. The van der Waals surface area contributed by atoms with Crippen molar-refractivity contribution in [2.45, 2.75) is 38.5 Å². The molecule has 1 aliphatic heterocycles. The summed E-state index contributed by atoms with van der Waals surface area (Å²) in [4.78, 5) is 0. The lowest BCUT2D eigenvalue weighted by molar-refractivity contribution is 0.174. The van der Waals surface area contributed by atoms with Crippen molar-refractivity contribution in [3.05, 3.63) is 59.2 Å². The lowest BCUT2D eigenvalue weighted by Gasteiger charge is -2.20. The Balaban J connectivity index is 1.83. The molecule has 0 aromatic heterocycles. The zero-order valence-corrected chi connectivity index (χ0v) is 14.4. The van der Waals surface area contributed by atoms with Crippen LogP contribution in [0.15, 0.2) is 42.5 Å². The van der Waals surface area contributed by atoms with Gasteiger partial charge in [-0.25, -0.2) is 0 Å². The molecule has 3 N–H and O–H groups in total. The maximum atomic E-state index is 7.98. The SMILES string of the molecule is CC(C)(C)c1ccc(CC(C(=N)N)c2ccc3c(c2)OCO3)cc1. The van der Waals surface area contributed by atoms with Crippen molar-refractivity contribution in [2.24, 2.45) is 5.73 Å². The Morgan fingerprint density at radius 2 is 1.75 bits per heavy atom. The minimum atomic E-state index is -0.167. The van der Waals surface area contributed by atoms with E-state index in [1.807, 2.05) is 18.2 Å². The van der Waals surface area contributed by atoms with Crippen molar-refractivity contribution in [2.75, 3.05) is 6.79 Å². The van der Waals surface area contributed by atoms with E-state index >= 15 is 0 Å². The number of hydrogen-bond donors (Lipinski definition) is 2. The Morgan fingerprint density at radius 1 is 1.08 bits per heavy atom. The van der Waals surface area contributed by atoms with Gasteiger partial charge in [-0.05, 0) is 40.7 Å². The van der Waals surface area contributed by atoms with Crippen LogP contribution in [0.1, 0.15) is 43.4 Å². The predicted octanol–water partition coefficient (Wildman–Crippen LogP) is 3.98. The molecule has 3 rings (SSSR count). The van der Waals surface area contributed by atoms with Gasteiger partial charge < -0.3 is 15.2 Å². The van der Waals surface area contributed by atoms with E-state index in [2.05, 4.69) is 45.0 Å². The fourth-order valence-corrected chi connectivity index (χ4v) is 2.91. The molecule has 4 heteroatoms. The molecule has 1 unspecified atom stereocenters. The summed E-state index contributed by atoms with van der Waals surface area (Å²) in [6.07, 6.45) is 0.694. The molecule has 0 amide bonds. The number of nitrogens with two attached hydrogens (primary N) is 1. The van der Waals surface area contributed by atoms with Gasteiger partial charge in [0.2, 0.25) is 6.79 Å². The first-order chi connectivity index (χ1) is 11.3. The molecular weight excluding hydrogens is 300 g/mol. The Morgan fingerprint density at radius 3 is 2.38 bits per heavy atom. The van der Waals surface area contributed by atoms with Gasteiger partial charge in [0.05, 0.1) is 5.84 Å². The second-order valence-corrected chi connectivity index (χ2v) is 7.27. The number of ether oxygens (including phenoxy) is 2. The predicted molar refractivity (Wildman–Crippen MR) is 96.1 cm³/mol. The van der Waals surface area contributed by atoms with Crippen LogP contribution in [0.25, 0.3) is 0 Å². The first-order valence-electron chi connectivity index (χ1n) is 8.17.